The summed E-state index contributed by atoms with van der Waals surface area (Å²) in [6, 6.07) is 9.44. The first-order valence-corrected chi connectivity index (χ1v) is 11.6. The summed E-state index contributed by atoms with van der Waals surface area (Å²) in [5.41, 5.74) is 3.49. The second-order valence-corrected chi connectivity index (χ2v) is 9.17. The monoisotopic (exact) mass is 433 g/mol. The first-order valence-electron chi connectivity index (χ1n) is 11.6. The van der Waals surface area contributed by atoms with E-state index in [2.05, 4.69) is 31.0 Å². The second kappa shape index (κ2) is 8.45. The summed E-state index contributed by atoms with van der Waals surface area (Å²) in [6.07, 6.45) is 6.26. The molecule has 7 nitrogen and oxygen atoms in total. The zero-order valence-corrected chi connectivity index (χ0v) is 19.1. The number of aromatic nitrogens is 3. The van der Waals surface area contributed by atoms with Crippen LogP contribution in [0.15, 0.2) is 36.5 Å². The molecule has 2 saturated heterocycles. The van der Waals surface area contributed by atoms with E-state index >= 15 is 0 Å². The standard InChI is InChI=1S/C25H31N5O2/c1-17-11-13-28(15-17)24-18(2)16-30-23(26-24)14-20(27-30)21-9-6-7-12-29(21)25(31)19-8-4-5-10-22(19)32-3/h4-5,8,10,14,16-17,21H,6-7,9,11-13,15H2,1-3H3/t17-,21-/m0/s1. The van der Waals surface area contributed by atoms with Crippen LogP contribution < -0.4 is 9.64 Å². The number of carbonyl (C=O) groups is 1. The minimum atomic E-state index is -0.0570. The van der Waals surface area contributed by atoms with Gasteiger partial charge in [0.25, 0.3) is 5.91 Å². The van der Waals surface area contributed by atoms with Gasteiger partial charge in [-0.15, -0.1) is 0 Å². The van der Waals surface area contributed by atoms with Crippen molar-refractivity contribution in [3.8, 4) is 5.75 Å². The number of benzene rings is 1. The Morgan fingerprint density at radius 3 is 2.78 bits per heavy atom. The highest BCUT2D eigenvalue weighted by Gasteiger charge is 2.32. The minimum absolute atomic E-state index is 0.0000826. The number of anilines is 1. The van der Waals surface area contributed by atoms with Crippen LogP contribution in [-0.2, 0) is 0 Å². The number of hydrogen-bond donors (Lipinski definition) is 0. The largest absolute Gasteiger partial charge is 0.496 e. The van der Waals surface area contributed by atoms with Gasteiger partial charge in [0.1, 0.15) is 11.6 Å². The number of rotatable bonds is 4. The van der Waals surface area contributed by atoms with Crippen molar-refractivity contribution in [2.24, 2.45) is 5.92 Å². The topological polar surface area (TPSA) is 63.0 Å². The molecule has 2 atom stereocenters. The Morgan fingerprint density at radius 2 is 2.00 bits per heavy atom. The predicted octanol–water partition coefficient (Wildman–Crippen LogP) is 4.26. The number of ether oxygens (including phenoxy) is 1. The number of hydrogen-bond acceptors (Lipinski definition) is 5. The fraction of sp³-hybridized carbons (Fsp3) is 0.480. The fourth-order valence-electron chi connectivity index (χ4n) is 5.09. The van der Waals surface area contributed by atoms with E-state index in [1.807, 2.05) is 33.7 Å². The van der Waals surface area contributed by atoms with E-state index in [-0.39, 0.29) is 11.9 Å². The Labute approximate surface area is 189 Å². The lowest BCUT2D eigenvalue weighted by molar-refractivity contribution is 0.0602. The quantitative estimate of drug-likeness (QED) is 0.615. The van der Waals surface area contributed by atoms with E-state index in [4.69, 9.17) is 14.8 Å². The van der Waals surface area contributed by atoms with Gasteiger partial charge in [0.05, 0.1) is 24.4 Å². The van der Waals surface area contributed by atoms with Gasteiger partial charge in [-0.25, -0.2) is 9.50 Å². The van der Waals surface area contributed by atoms with Crippen LogP contribution in [0.4, 0.5) is 5.82 Å². The fourth-order valence-corrected chi connectivity index (χ4v) is 5.09. The molecule has 2 aromatic heterocycles. The summed E-state index contributed by atoms with van der Waals surface area (Å²) in [4.78, 5) is 22.8. The number of piperidine rings is 1. The van der Waals surface area contributed by atoms with Crippen molar-refractivity contribution in [3.63, 3.8) is 0 Å². The zero-order chi connectivity index (χ0) is 22.2. The number of amides is 1. The van der Waals surface area contributed by atoms with Gasteiger partial charge in [-0.05, 0) is 50.7 Å². The van der Waals surface area contributed by atoms with Crippen LogP contribution in [0, 0.1) is 12.8 Å². The first-order chi connectivity index (χ1) is 15.5. The number of carbonyl (C=O) groups excluding carboxylic acids is 1. The molecule has 0 aliphatic carbocycles. The van der Waals surface area contributed by atoms with Crippen molar-refractivity contribution in [1.29, 1.82) is 0 Å². The van der Waals surface area contributed by atoms with Crippen molar-refractivity contribution in [2.75, 3.05) is 31.6 Å². The summed E-state index contributed by atoms with van der Waals surface area (Å²) in [7, 11) is 1.61. The minimum Gasteiger partial charge on any atom is -0.496 e. The molecule has 7 heteroatoms. The molecule has 0 N–H and O–H groups in total. The Balaban J connectivity index is 1.48. The summed E-state index contributed by atoms with van der Waals surface area (Å²) < 4.78 is 7.32. The van der Waals surface area contributed by atoms with E-state index in [0.717, 1.165) is 61.6 Å². The van der Waals surface area contributed by atoms with Gasteiger partial charge < -0.3 is 14.5 Å². The van der Waals surface area contributed by atoms with Gasteiger partial charge in [-0.3, -0.25) is 4.79 Å². The normalized spacial score (nSPS) is 21.3. The van der Waals surface area contributed by atoms with E-state index in [1.165, 1.54) is 6.42 Å². The van der Waals surface area contributed by atoms with Crippen LogP contribution in [0.2, 0.25) is 0 Å². The third-order valence-electron chi connectivity index (χ3n) is 6.79. The average Bonchev–Trinajstić information content (AvgIpc) is 3.43. The maximum atomic E-state index is 13.5. The van der Waals surface area contributed by atoms with Crippen LogP contribution in [-0.4, -0.2) is 52.1 Å². The van der Waals surface area contributed by atoms with Gasteiger partial charge in [0.2, 0.25) is 0 Å². The SMILES string of the molecule is COc1ccccc1C(=O)N1CCCC[C@H]1c1cc2nc(N3CC[C@H](C)C3)c(C)cn2n1. The summed E-state index contributed by atoms with van der Waals surface area (Å²) in [5, 5.41) is 4.86. The molecule has 168 valence electrons. The van der Waals surface area contributed by atoms with E-state index < -0.39 is 0 Å². The van der Waals surface area contributed by atoms with E-state index in [9.17, 15) is 4.79 Å². The zero-order valence-electron chi connectivity index (χ0n) is 19.1. The van der Waals surface area contributed by atoms with Gasteiger partial charge in [0.15, 0.2) is 5.65 Å². The summed E-state index contributed by atoms with van der Waals surface area (Å²) in [5.74, 6) is 2.36. The number of nitrogens with zero attached hydrogens (tertiary/aromatic N) is 5. The smallest absolute Gasteiger partial charge is 0.258 e. The molecule has 0 spiro atoms. The number of para-hydroxylation sites is 1. The Hall–Kier alpha value is -3.09. The van der Waals surface area contributed by atoms with Gasteiger partial charge >= 0.3 is 0 Å². The summed E-state index contributed by atoms with van der Waals surface area (Å²) >= 11 is 0. The van der Waals surface area contributed by atoms with Crippen molar-refractivity contribution in [2.45, 2.75) is 45.6 Å². The van der Waals surface area contributed by atoms with Crippen molar-refractivity contribution >= 4 is 17.4 Å². The first kappa shape index (κ1) is 20.8. The molecular weight excluding hydrogens is 402 g/mol. The molecule has 0 bridgehead atoms. The van der Waals surface area contributed by atoms with Crippen LogP contribution in [0.1, 0.15) is 60.3 Å². The van der Waals surface area contributed by atoms with Crippen molar-refractivity contribution in [3.05, 3.63) is 53.3 Å². The lowest BCUT2D eigenvalue weighted by Gasteiger charge is -2.35. The highest BCUT2D eigenvalue weighted by atomic mass is 16.5. The molecule has 0 saturated carbocycles. The maximum Gasteiger partial charge on any atom is 0.258 e. The molecule has 2 aliphatic heterocycles. The second-order valence-electron chi connectivity index (χ2n) is 9.17. The molecule has 1 aromatic carbocycles. The van der Waals surface area contributed by atoms with Crippen LogP contribution in [0.3, 0.4) is 0 Å². The molecule has 2 aliphatic rings. The molecule has 3 aromatic rings. The number of aryl methyl sites for hydroxylation is 1. The van der Waals surface area contributed by atoms with Crippen molar-refractivity contribution < 1.29 is 9.53 Å². The molecule has 1 amide bonds. The number of methoxy groups -OCH3 is 1. The molecule has 0 unspecified atom stereocenters. The van der Waals surface area contributed by atoms with E-state index in [1.54, 1.807) is 7.11 Å². The maximum absolute atomic E-state index is 13.5. The van der Waals surface area contributed by atoms with Gasteiger partial charge in [0, 0.05) is 37.5 Å². The third kappa shape index (κ3) is 3.70. The van der Waals surface area contributed by atoms with Crippen LogP contribution in [0.25, 0.3) is 5.65 Å². The highest BCUT2D eigenvalue weighted by Crippen LogP contribution is 2.34. The third-order valence-corrected chi connectivity index (χ3v) is 6.79. The Bertz CT molecular complexity index is 1140. The molecular formula is C25H31N5O2. The van der Waals surface area contributed by atoms with Gasteiger partial charge in [-0.2, -0.15) is 5.10 Å². The predicted molar refractivity (Wildman–Crippen MR) is 124 cm³/mol. The molecule has 4 heterocycles. The molecule has 32 heavy (non-hydrogen) atoms. The summed E-state index contributed by atoms with van der Waals surface area (Å²) in [6.45, 7) is 7.22. The van der Waals surface area contributed by atoms with Gasteiger partial charge in [-0.1, -0.05) is 19.1 Å². The number of likely N-dealkylation sites (tertiary alicyclic amines) is 1. The molecule has 2 fully saturated rings. The number of fused-ring (bicyclic) bond motifs is 1. The molecule has 5 rings (SSSR count). The van der Waals surface area contributed by atoms with Crippen molar-refractivity contribution in [1.82, 2.24) is 19.5 Å². The molecule has 0 radical (unpaired) electrons. The lowest BCUT2D eigenvalue weighted by atomic mass is 9.98. The Kier molecular flexibility index (Phi) is 5.49. The van der Waals surface area contributed by atoms with Crippen LogP contribution >= 0.6 is 0 Å². The highest BCUT2D eigenvalue weighted by molar-refractivity contribution is 5.97. The van der Waals surface area contributed by atoms with E-state index in [0.29, 0.717) is 17.2 Å². The lowest BCUT2D eigenvalue weighted by Crippen LogP contribution is -2.38. The van der Waals surface area contributed by atoms with Crippen LogP contribution in [0.5, 0.6) is 5.75 Å². The average molecular weight is 434 g/mol. The Morgan fingerprint density at radius 1 is 1.16 bits per heavy atom.